The van der Waals surface area contributed by atoms with E-state index < -0.39 is 0 Å². The van der Waals surface area contributed by atoms with Gasteiger partial charge < -0.3 is 5.32 Å². The van der Waals surface area contributed by atoms with E-state index in [0.29, 0.717) is 12.1 Å². The van der Waals surface area contributed by atoms with Crippen molar-refractivity contribution in [2.75, 3.05) is 13.1 Å². The predicted molar refractivity (Wildman–Crippen MR) is 71.8 cm³/mol. The van der Waals surface area contributed by atoms with Crippen LogP contribution in [0.25, 0.3) is 0 Å². The summed E-state index contributed by atoms with van der Waals surface area (Å²) in [5.74, 6) is 0.914. The maximum Gasteiger partial charge on any atom is 0.0221 e. The highest BCUT2D eigenvalue weighted by molar-refractivity contribution is 4.85. The summed E-state index contributed by atoms with van der Waals surface area (Å²) in [5, 5.41) is 3.62. The molecule has 16 heavy (non-hydrogen) atoms. The van der Waals surface area contributed by atoms with Crippen LogP contribution in [0, 0.1) is 5.92 Å². The largest absolute Gasteiger partial charge is 0.313 e. The molecule has 1 saturated heterocycles. The molecular weight excluding hydrogens is 196 g/mol. The lowest BCUT2D eigenvalue weighted by atomic mass is 9.91. The summed E-state index contributed by atoms with van der Waals surface area (Å²) in [4.78, 5) is 2.69. The summed E-state index contributed by atoms with van der Waals surface area (Å²) in [6.07, 6.45) is 3.96. The van der Waals surface area contributed by atoms with Crippen molar-refractivity contribution in [1.29, 1.82) is 0 Å². The van der Waals surface area contributed by atoms with Crippen LogP contribution < -0.4 is 5.32 Å². The Morgan fingerprint density at radius 2 is 2.00 bits per heavy atom. The fourth-order valence-electron chi connectivity index (χ4n) is 2.86. The van der Waals surface area contributed by atoms with Crippen LogP contribution in [0.4, 0.5) is 0 Å². The van der Waals surface area contributed by atoms with Crippen LogP contribution in [0.2, 0.25) is 0 Å². The van der Waals surface area contributed by atoms with E-state index in [9.17, 15) is 0 Å². The lowest BCUT2D eigenvalue weighted by Gasteiger charge is -2.42. The monoisotopic (exact) mass is 226 g/mol. The predicted octanol–water partition coefficient (Wildman–Crippen LogP) is 2.88. The highest BCUT2D eigenvalue weighted by Gasteiger charge is 2.28. The van der Waals surface area contributed by atoms with E-state index in [0.717, 1.165) is 18.5 Å². The molecule has 4 atom stereocenters. The average molecular weight is 226 g/mol. The number of rotatable bonds is 5. The van der Waals surface area contributed by atoms with Gasteiger partial charge in [0.05, 0.1) is 0 Å². The quantitative estimate of drug-likeness (QED) is 0.775. The second kappa shape index (κ2) is 6.61. The van der Waals surface area contributed by atoms with Gasteiger partial charge in [-0.1, -0.05) is 13.8 Å². The van der Waals surface area contributed by atoms with E-state index in [4.69, 9.17) is 0 Å². The molecule has 2 heteroatoms. The van der Waals surface area contributed by atoms with Gasteiger partial charge in [-0.15, -0.1) is 0 Å². The first-order valence-electron chi connectivity index (χ1n) is 7.05. The van der Waals surface area contributed by atoms with Crippen LogP contribution in [-0.4, -0.2) is 36.1 Å². The Kier molecular flexibility index (Phi) is 5.77. The van der Waals surface area contributed by atoms with Gasteiger partial charge in [-0.3, -0.25) is 4.90 Å². The summed E-state index contributed by atoms with van der Waals surface area (Å²) >= 11 is 0. The molecule has 0 aromatic carbocycles. The first kappa shape index (κ1) is 14.0. The summed E-state index contributed by atoms with van der Waals surface area (Å²) in [5.41, 5.74) is 0. The van der Waals surface area contributed by atoms with Gasteiger partial charge in [0.1, 0.15) is 0 Å². The van der Waals surface area contributed by atoms with Crippen molar-refractivity contribution in [2.45, 2.75) is 72.0 Å². The zero-order valence-corrected chi connectivity index (χ0v) is 11.8. The van der Waals surface area contributed by atoms with Crippen LogP contribution in [0.1, 0.15) is 53.9 Å². The van der Waals surface area contributed by atoms with Crippen molar-refractivity contribution in [3.05, 3.63) is 0 Å². The van der Waals surface area contributed by atoms with Gasteiger partial charge in [0.25, 0.3) is 0 Å². The van der Waals surface area contributed by atoms with Crippen LogP contribution in [0.3, 0.4) is 0 Å². The molecule has 0 aliphatic carbocycles. The minimum Gasteiger partial charge on any atom is -0.313 e. The van der Waals surface area contributed by atoms with E-state index in [-0.39, 0.29) is 0 Å². The van der Waals surface area contributed by atoms with Gasteiger partial charge in [0.2, 0.25) is 0 Å². The number of likely N-dealkylation sites (tertiary alicyclic amines) is 1. The van der Waals surface area contributed by atoms with E-state index in [1.165, 1.54) is 25.8 Å². The van der Waals surface area contributed by atoms with Crippen molar-refractivity contribution in [3.63, 3.8) is 0 Å². The first-order chi connectivity index (χ1) is 7.56. The average Bonchev–Trinajstić information content (AvgIpc) is 2.25. The fraction of sp³-hybridized carbons (Fsp3) is 1.00. The van der Waals surface area contributed by atoms with Crippen molar-refractivity contribution < 1.29 is 0 Å². The number of hydrogen-bond donors (Lipinski definition) is 1. The summed E-state index contributed by atoms with van der Waals surface area (Å²) in [7, 11) is 0. The molecule has 1 heterocycles. The third kappa shape index (κ3) is 3.74. The highest BCUT2D eigenvalue weighted by atomic mass is 15.2. The van der Waals surface area contributed by atoms with E-state index in [1.807, 2.05) is 0 Å². The zero-order chi connectivity index (χ0) is 12.1. The first-order valence-corrected chi connectivity index (χ1v) is 7.05. The highest BCUT2D eigenvalue weighted by Crippen LogP contribution is 2.24. The Balaban J connectivity index is 2.42. The van der Waals surface area contributed by atoms with E-state index in [2.05, 4.69) is 44.8 Å². The summed E-state index contributed by atoms with van der Waals surface area (Å²) in [6, 6.07) is 2.02. The summed E-state index contributed by atoms with van der Waals surface area (Å²) < 4.78 is 0. The van der Waals surface area contributed by atoms with Crippen molar-refractivity contribution in [1.82, 2.24) is 10.2 Å². The van der Waals surface area contributed by atoms with E-state index in [1.54, 1.807) is 0 Å². The molecule has 0 saturated carbocycles. The van der Waals surface area contributed by atoms with Gasteiger partial charge in [0, 0.05) is 18.1 Å². The zero-order valence-electron chi connectivity index (χ0n) is 11.8. The molecule has 1 aliphatic rings. The van der Waals surface area contributed by atoms with Gasteiger partial charge >= 0.3 is 0 Å². The minimum atomic E-state index is 0.607. The molecule has 0 radical (unpaired) electrons. The topological polar surface area (TPSA) is 15.3 Å². The maximum atomic E-state index is 3.62. The summed E-state index contributed by atoms with van der Waals surface area (Å²) in [6.45, 7) is 14.1. The van der Waals surface area contributed by atoms with Crippen molar-refractivity contribution in [3.8, 4) is 0 Å². The third-order valence-electron chi connectivity index (χ3n) is 4.15. The fourth-order valence-corrected chi connectivity index (χ4v) is 2.86. The lowest BCUT2D eigenvalue weighted by molar-refractivity contribution is 0.0734. The number of piperidine rings is 1. The molecular formula is C14H30N2. The SMILES string of the molecule is CCCNC(C)C(C)N1CCC(C)CC1C. The van der Waals surface area contributed by atoms with Crippen LogP contribution >= 0.6 is 0 Å². The Hall–Kier alpha value is -0.0800. The minimum absolute atomic E-state index is 0.607. The smallest absolute Gasteiger partial charge is 0.0221 e. The molecule has 1 N–H and O–H groups in total. The second-order valence-electron chi connectivity index (χ2n) is 5.70. The van der Waals surface area contributed by atoms with Crippen molar-refractivity contribution in [2.24, 2.45) is 5.92 Å². The van der Waals surface area contributed by atoms with Crippen LogP contribution in [0.5, 0.6) is 0 Å². The van der Waals surface area contributed by atoms with Crippen molar-refractivity contribution >= 4 is 0 Å². The standard InChI is InChI=1S/C14H30N2/c1-6-8-15-13(4)14(5)16-9-7-11(2)10-12(16)3/h11-15H,6-10H2,1-5H3. The third-order valence-corrected chi connectivity index (χ3v) is 4.15. The Bertz CT molecular complexity index is 193. The maximum absolute atomic E-state index is 3.62. The Morgan fingerprint density at radius 1 is 1.31 bits per heavy atom. The number of nitrogens with one attached hydrogen (secondary N) is 1. The Labute approximate surface area is 102 Å². The van der Waals surface area contributed by atoms with Crippen LogP contribution in [-0.2, 0) is 0 Å². The molecule has 0 aromatic rings. The Morgan fingerprint density at radius 3 is 2.56 bits per heavy atom. The van der Waals surface area contributed by atoms with Gasteiger partial charge in [0.15, 0.2) is 0 Å². The molecule has 0 spiro atoms. The molecule has 4 unspecified atom stereocenters. The van der Waals surface area contributed by atoms with Gasteiger partial charge in [-0.2, -0.15) is 0 Å². The molecule has 0 aromatic heterocycles. The van der Waals surface area contributed by atoms with Gasteiger partial charge in [-0.05, 0) is 59.0 Å². The van der Waals surface area contributed by atoms with Gasteiger partial charge in [-0.25, -0.2) is 0 Å². The molecule has 1 fully saturated rings. The molecule has 1 rings (SSSR count). The molecule has 0 bridgehead atoms. The van der Waals surface area contributed by atoms with E-state index >= 15 is 0 Å². The molecule has 0 amide bonds. The van der Waals surface area contributed by atoms with Crippen LogP contribution in [0.15, 0.2) is 0 Å². The number of hydrogen-bond acceptors (Lipinski definition) is 2. The lowest BCUT2D eigenvalue weighted by Crippen LogP contribution is -2.53. The second-order valence-corrected chi connectivity index (χ2v) is 5.70. The number of nitrogens with zero attached hydrogens (tertiary/aromatic N) is 1. The molecule has 96 valence electrons. The normalized spacial score (nSPS) is 31.3. The molecule has 1 aliphatic heterocycles. The molecule has 2 nitrogen and oxygen atoms in total.